The zero-order chi connectivity index (χ0) is 33.4. The Labute approximate surface area is 291 Å². The SMILES string of the molecule is CC1(C)c2ccccc2-c2ccc3c(c21)c1nc(-c2ccc(-c4ccccc4)cc2)ncc1n3-c1ccc(-c2ccccc2)c2ccccc12. The Hall–Kier alpha value is -6.32. The van der Waals surface area contributed by atoms with Gasteiger partial charge in [0, 0.05) is 21.8 Å². The minimum absolute atomic E-state index is 0.202. The van der Waals surface area contributed by atoms with Crippen LogP contribution in [0.15, 0.2) is 164 Å². The topological polar surface area (TPSA) is 30.7 Å². The summed E-state index contributed by atoms with van der Waals surface area (Å²) in [5.41, 5.74) is 15.1. The monoisotopic (exact) mass is 639 g/mol. The molecule has 0 bridgehead atoms. The molecule has 0 saturated carbocycles. The van der Waals surface area contributed by atoms with Crippen molar-refractivity contribution in [3.63, 3.8) is 0 Å². The highest BCUT2D eigenvalue weighted by molar-refractivity contribution is 6.14. The van der Waals surface area contributed by atoms with Crippen molar-refractivity contribution in [2.24, 2.45) is 0 Å². The molecule has 0 spiro atoms. The zero-order valence-electron chi connectivity index (χ0n) is 27.9. The molecule has 0 fully saturated rings. The molecular weight excluding hydrogens is 607 g/mol. The first-order chi connectivity index (χ1) is 24.6. The van der Waals surface area contributed by atoms with Gasteiger partial charge in [-0.05, 0) is 62.0 Å². The van der Waals surface area contributed by atoms with E-state index in [-0.39, 0.29) is 5.41 Å². The third-order valence-corrected chi connectivity index (χ3v) is 10.7. The second-order valence-electron chi connectivity index (χ2n) is 13.8. The van der Waals surface area contributed by atoms with Crippen molar-refractivity contribution in [2.45, 2.75) is 19.3 Å². The molecule has 10 rings (SSSR count). The number of aromatic nitrogens is 3. The average Bonchev–Trinajstić information content (AvgIpc) is 3.63. The van der Waals surface area contributed by atoms with Gasteiger partial charge in [-0.2, -0.15) is 0 Å². The molecule has 9 aromatic rings. The fraction of sp³-hybridized carbons (Fsp3) is 0.0638. The number of fused-ring (bicyclic) bond motifs is 8. The van der Waals surface area contributed by atoms with Gasteiger partial charge in [-0.1, -0.05) is 159 Å². The molecule has 3 heteroatoms. The highest BCUT2D eigenvalue weighted by Crippen LogP contribution is 2.53. The highest BCUT2D eigenvalue weighted by Gasteiger charge is 2.38. The average molecular weight is 640 g/mol. The summed E-state index contributed by atoms with van der Waals surface area (Å²) in [6.07, 6.45) is 2.03. The van der Waals surface area contributed by atoms with Crippen LogP contribution in [0, 0.1) is 0 Å². The first kappa shape index (κ1) is 28.7. The number of benzene rings is 7. The van der Waals surface area contributed by atoms with Gasteiger partial charge in [0.1, 0.15) is 5.52 Å². The molecule has 0 N–H and O–H groups in total. The van der Waals surface area contributed by atoms with Crippen LogP contribution >= 0.6 is 0 Å². The smallest absolute Gasteiger partial charge is 0.159 e. The maximum absolute atomic E-state index is 5.44. The molecule has 7 aromatic carbocycles. The van der Waals surface area contributed by atoms with Crippen LogP contribution in [-0.4, -0.2) is 14.5 Å². The Morgan fingerprint density at radius 1 is 0.480 bits per heavy atom. The van der Waals surface area contributed by atoms with Crippen molar-refractivity contribution in [3.05, 3.63) is 175 Å². The van der Waals surface area contributed by atoms with E-state index in [2.05, 4.69) is 170 Å². The maximum atomic E-state index is 5.44. The van der Waals surface area contributed by atoms with E-state index in [1.807, 2.05) is 12.3 Å². The quantitative estimate of drug-likeness (QED) is 0.192. The third-order valence-electron chi connectivity index (χ3n) is 10.7. The van der Waals surface area contributed by atoms with Gasteiger partial charge in [0.15, 0.2) is 5.82 Å². The van der Waals surface area contributed by atoms with Gasteiger partial charge < -0.3 is 4.57 Å². The fourth-order valence-electron chi connectivity index (χ4n) is 8.33. The normalized spacial score (nSPS) is 13.2. The molecule has 2 heterocycles. The lowest BCUT2D eigenvalue weighted by molar-refractivity contribution is 0.666. The summed E-state index contributed by atoms with van der Waals surface area (Å²) < 4.78 is 2.39. The van der Waals surface area contributed by atoms with Crippen molar-refractivity contribution >= 4 is 32.7 Å². The fourth-order valence-corrected chi connectivity index (χ4v) is 8.33. The largest absolute Gasteiger partial charge is 0.306 e. The zero-order valence-corrected chi connectivity index (χ0v) is 27.9. The van der Waals surface area contributed by atoms with E-state index in [0.717, 1.165) is 33.6 Å². The van der Waals surface area contributed by atoms with E-state index in [9.17, 15) is 0 Å². The molecule has 0 aliphatic heterocycles. The van der Waals surface area contributed by atoms with E-state index in [1.165, 1.54) is 60.7 Å². The molecule has 236 valence electrons. The molecule has 1 aliphatic rings. The Bertz CT molecular complexity index is 2760. The molecule has 3 nitrogen and oxygen atoms in total. The second kappa shape index (κ2) is 10.8. The number of hydrogen-bond acceptors (Lipinski definition) is 2. The van der Waals surface area contributed by atoms with E-state index in [1.54, 1.807) is 0 Å². The predicted molar refractivity (Wildman–Crippen MR) is 208 cm³/mol. The van der Waals surface area contributed by atoms with Crippen LogP contribution in [-0.2, 0) is 5.41 Å². The van der Waals surface area contributed by atoms with E-state index < -0.39 is 0 Å². The molecule has 0 saturated heterocycles. The molecule has 0 radical (unpaired) electrons. The molecule has 0 unspecified atom stereocenters. The van der Waals surface area contributed by atoms with E-state index >= 15 is 0 Å². The summed E-state index contributed by atoms with van der Waals surface area (Å²) in [4.78, 5) is 10.5. The van der Waals surface area contributed by atoms with Crippen LogP contribution in [0.5, 0.6) is 0 Å². The molecule has 0 amide bonds. The van der Waals surface area contributed by atoms with E-state index in [4.69, 9.17) is 9.97 Å². The van der Waals surface area contributed by atoms with Crippen LogP contribution in [0.3, 0.4) is 0 Å². The molecule has 0 atom stereocenters. The van der Waals surface area contributed by atoms with Gasteiger partial charge in [-0.3, -0.25) is 0 Å². The maximum Gasteiger partial charge on any atom is 0.159 e. The van der Waals surface area contributed by atoms with Crippen LogP contribution in [0.2, 0.25) is 0 Å². The molecule has 1 aliphatic carbocycles. The summed E-state index contributed by atoms with van der Waals surface area (Å²) in [7, 11) is 0. The van der Waals surface area contributed by atoms with Crippen LogP contribution < -0.4 is 0 Å². The van der Waals surface area contributed by atoms with Gasteiger partial charge in [-0.15, -0.1) is 0 Å². The summed E-state index contributed by atoms with van der Waals surface area (Å²) >= 11 is 0. The number of rotatable bonds is 4. The Morgan fingerprint density at radius 3 is 1.88 bits per heavy atom. The van der Waals surface area contributed by atoms with E-state index in [0.29, 0.717) is 0 Å². The Kier molecular flexibility index (Phi) is 6.22. The highest BCUT2D eigenvalue weighted by atomic mass is 15.0. The standard InChI is InChI=1S/C47H33N3/c1-47(2)39-20-12-11-18-36(39)38-26-28-41-43(44(38)47)45-42(29-48-46(49-45)33-23-21-31(22-24-33)30-13-5-3-6-14-30)50(41)40-27-25-34(32-15-7-4-8-16-32)35-17-9-10-19-37(35)40/h3-29H,1-2H3. The van der Waals surface area contributed by atoms with Crippen molar-refractivity contribution in [2.75, 3.05) is 0 Å². The Balaban J connectivity index is 1.25. The molecule has 50 heavy (non-hydrogen) atoms. The van der Waals surface area contributed by atoms with Gasteiger partial charge in [0.2, 0.25) is 0 Å². The summed E-state index contributed by atoms with van der Waals surface area (Å²) in [6.45, 7) is 4.71. The summed E-state index contributed by atoms with van der Waals surface area (Å²) in [5, 5.41) is 3.60. The first-order valence-electron chi connectivity index (χ1n) is 17.3. The second-order valence-corrected chi connectivity index (χ2v) is 13.8. The lowest BCUT2D eigenvalue weighted by Gasteiger charge is -2.22. The van der Waals surface area contributed by atoms with Crippen molar-refractivity contribution in [3.8, 4) is 50.5 Å². The molecular formula is C47H33N3. The minimum atomic E-state index is -0.202. The lowest BCUT2D eigenvalue weighted by Crippen LogP contribution is -2.15. The minimum Gasteiger partial charge on any atom is -0.306 e. The van der Waals surface area contributed by atoms with Crippen molar-refractivity contribution in [1.29, 1.82) is 0 Å². The predicted octanol–water partition coefficient (Wildman–Crippen LogP) is 12.0. The molecule has 2 aromatic heterocycles. The van der Waals surface area contributed by atoms with Gasteiger partial charge in [-0.25, -0.2) is 9.97 Å². The van der Waals surface area contributed by atoms with Crippen LogP contribution in [0.25, 0.3) is 83.2 Å². The van der Waals surface area contributed by atoms with Crippen LogP contribution in [0.1, 0.15) is 25.0 Å². The van der Waals surface area contributed by atoms with Crippen LogP contribution in [0.4, 0.5) is 0 Å². The van der Waals surface area contributed by atoms with Gasteiger partial charge in [0.25, 0.3) is 0 Å². The lowest BCUT2D eigenvalue weighted by atomic mass is 9.81. The third kappa shape index (κ3) is 4.17. The summed E-state index contributed by atoms with van der Waals surface area (Å²) in [5.74, 6) is 0.728. The van der Waals surface area contributed by atoms with Gasteiger partial charge in [0.05, 0.1) is 22.9 Å². The van der Waals surface area contributed by atoms with Crippen molar-refractivity contribution < 1.29 is 0 Å². The number of hydrogen-bond donors (Lipinski definition) is 0. The van der Waals surface area contributed by atoms with Crippen molar-refractivity contribution in [1.82, 2.24) is 14.5 Å². The first-order valence-corrected chi connectivity index (χ1v) is 17.3. The Morgan fingerprint density at radius 2 is 1.10 bits per heavy atom. The number of nitrogens with zero attached hydrogens (tertiary/aromatic N) is 3. The van der Waals surface area contributed by atoms with Gasteiger partial charge >= 0.3 is 0 Å². The summed E-state index contributed by atoms with van der Waals surface area (Å²) in [6, 6.07) is 56.5.